The average molecular weight is 398 g/mol. The summed E-state index contributed by atoms with van der Waals surface area (Å²) in [5.41, 5.74) is 3.18. The number of hydrogen-bond acceptors (Lipinski definition) is 6. The van der Waals surface area contributed by atoms with Gasteiger partial charge in [-0.15, -0.1) is 0 Å². The van der Waals surface area contributed by atoms with Crippen LogP contribution in [0.4, 0.5) is 17.1 Å². The van der Waals surface area contributed by atoms with Gasteiger partial charge in [-0.2, -0.15) is 0 Å². The second kappa shape index (κ2) is 8.27. The molecule has 3 rings (SSSR count). The van der Waals surface area contributed by atoms with Crippen LogP contribution in [-0.2, 0) is 16.0 Å². The molecule has 1 heterocycles. The zero-order valence-electron chi connectivity index (χ0n) is 16.1. The van der Waals surface area contributed by atoms with Crippen LogP contribution in [0.5, 0.6) is 0 Å². The Morgan fingerprint density at radius 1 is 1.24 bits per heavy atom. The SMILES string of the molecule is Cc1ccc(NC(=O)C(=O)NCC(O)c2ccc3c(c2)CCN3C)c([N+](=O)[O-])c1. The summed E-state index contributed by atoms with van der Waals surface area (Å²) in [5.74, 6) is -2.03. The highest BCUT2D eigenvalue weighted by atomic mass is 16.6. The lowest BCUT2D eigenvalue weighted by atomic mass is 10.0. The van der Waals surface area contributed by atoms with Crippen LogP contribution in [0, 0.1) is 17.0 Å². The molecule has 1 atom stereocenters. The number of carbonyl (C=O) groups is 2. The molecule has 0 bridgehead atoms. The molecule has 0 aliphatic carbocycles. The van der Waals surface area contributed by atoms with Crippen molar-refractivity contribution < 1.29 is 19.6 Å². The molecule has 9 nitrogen and oxygen atoms in total. The van der Waals surface area contributed by atoms with E-state index in [-0.39, 0.29) is 17.9 Å². The fourth-order valence-corrected chi connectivity index (χ4v) is 3.26. The van der Waals surface area contributed by atoms with E-state index in [2.05, 4.69) is 15.5 Å². The molecule has 0 radical (unpaired) electrons. The molecular formula is C20H22N4O5. The predicted octanol–water partition coefficient (Wildman–Crippen LogP) is 1.68. The largest absolute Gasteiger partial charge is 0.387 e. The van der Waals surface area contributed by atoms with Crippen molar-refractivity contribution in [2.45, 2.75) is 19.4 Å². The number of likely N-dealkylation sites (N-methyl/N-ethyl adjacent to an activating group) is 1. The number of amides is 2. The van der Waals surface area contributed by atoms with E-state index in [1.54, 1.807) is 19.1 Å². The Morgan fingerprint density at radius 3 is 2.72 bits per heavy atom. The third-order valence-corrected chi connectivity index (χ3v) is 4.88. The van der Waals surface area contributed by atoms with Gasteiger partial charge < -0.3 is 20.6 Å². The van der Waals surface area contributed by atoms with Gasteiger partial charge in [0.2, 0.25) is 0 Å². The van der Waals surface area contributed by atoms with Crippen molar-refractivity contribution >= 4 is 28.9 Å². The normalized spacial score (nSPS) is 13.6. The highest BCUT2D eigenvalue weighted by molar-refractivity contribution is 6.39. The monoisotopic (exact) mass is 398 g/mol. The van der Waals surface area contributed by atoms with E-state index in [4.69, 9.17) is 0 Å². The molecule has 0 saturated heterocycles. The first-order valence-electron chi connectivity index (χ1n) is 9.12. The van der Waals surface area contributed by atoms with Crippen molar-refractivity contribution in [3.8, 4) is 0 Å². The topological polar surface area (TPSA) is 125 Å². The molecule has 2 amide bonds. The molecule has 0 spiro atoms. The minimum absolute atomic E-state index is 0.0657. The molecule has 0 fully saturated rings. The number of aliphatic hydroxyl groups excluding tert-OH is 1. The number of fused-ring (bicyclic) bond motifs is 1. The zero-order chi connectivity index (χ0) is 21.1. The standard InChI is InChI=1S/C20H22N4O5/c1-12-3-5-15(17(9-12)24(28)29)22-20(27)19(26)21-11-18(25)14-4-6-16-13(10-14)7-8-23(16)2/h3-6,9-10,18,25H,7-8,11H2,1-2H3,(H,21,26)(H,22,27). The Labute approximate surface area is 167 Å². The van der Waals surface area contributed by atoms with Gasteiger partial charge in [0.15, 0.2) is 0 Å². The number of aryl methyl sites for hydroxylation is 1. The first-order valence-corrected chi connectivity index (χ1v) is 9.12. The van der Waals surface area contributed by atoms with E-state index >= 15 is 0 Å². The third-order valence-electron chi connectivity index (χ3n) is 4.88. The maximum atomic E-state index is 12.1. The van der Waals surface area contributed by atoms with E-state index in [9.17, 15) is 24.8 Å². The molecule has 1 aliphatic rings. The van der Waals surface area contributed by atoms with Crippen molar-refractivity contribution in [3.05, 3.63) is 63.2 Å². The average Bonchev–Trinajstić information content (AvgIpc) is 3.07. The number of benzene rings is 2. The van der Waals surface area contributed by atoms with E-state index in [0.717, 1.165) is 24.2 Å². The fraction of sp³-hybridized carbons (Fsp3) is 0.300. The minimum atomic E-state index is -1.04. The summed E-state index contributed by atoms with van der Waals surface area (Å²) in [5, 5.41) is 26.0. The lowest BCUT2D eigenvalue weighted by molar-refractivity contribution is -0.384. The third kappa shape index (κ3) is 4.52. The van der Waals surface area contributed by atoms with Crippen LogP contribution in [0.2, 0.25) is 0 Å². The van der Waals surface area contributed by atoms with Gasteiger partial charge in [0.05, 0.1) is 11.0 Å². The van der Waals surface area contributed by atoms with Gasteiger partial charge >= 0.3 is 11.8 Å². The first-order chi connectivity index (χ1) is 13.8. The van der Waals surface area contributed by atoms with Crippen LogP contribution in [0.25, 0.3) is 0 Å². The number of aliphatic hydroxyl groups is 1. The molecule has 0 saturated carbocycles. The number of hydrogen-bond donors (Lipinski definition) is 3. The predicted molar refractivity (Wildman–Crippen MR) is 108 cm³/mol. The lowest BCUT2D eigenvalue weighted by Crippen LogP contribution is -2.37. The second-order valence-corrected chi connectivity index (χ2v) is 7.02. The van der Waals surface area contributed by atoms with Crippen molar-refractivity contribution in [1.82, 2.24) is 5.32 Å². The van der Waals surface area contributed by atoms with Crippen molar-refractivity contribution in [1.29, 1.82) is 0 Å². The fourth-order valence-electron chi connectivity index (χ4n) is 3.26. The van der Waals surface area contributed by atoms with Crippen molar-refractivity contribution in [2.24, 2.45) is 0 Å². The molecule has 1 aliphatic heterocycles. The van der Waals surface area contributed by atoms with Crippen LogP contribution >= 0.6 is 0 Å². The molecule has 29 heavy (non-hydrogen) atoms. The summed E-state index contributed by atoms with van der Waals surface area (Å²) >= 11 is 0. The Kier molecular flexibility index (Phi) is 5.79. The molecule has 9 heteroatoms. The Hall–Kier alpha value is -3.46. The van der Waals surface area contributed by atoms with Gasteiger partial charge in [-0.05, 0) is 42.2 Å². The molecule has 152 valence electrons. The van der Waals surface area contributed by atoms with E-state index < -0.39 is 22.8 Å². The molecule has 0 aromatic heterocycles. The Balaban J connectivity index is 1.59. The molecule has 1 unspecified atom stereocenters. The molecular weight excluding hydrogens is 376 g/mol. The molecule has 2 aromatic carbocycles. The Bertz CT molecular complexity index is 975. The van der Waals surface area contributed by atoms with Gasteiger partial charge in [-0.3, -0.25) is 19.7 Å². The van der Waals surface area contributed by atoms with Gasteiger partial charge in [0.1, 0.15) is 5.69 Å². The number of nitro benzene ring substituents is 1. The smallest absolute Gasteiger partial charge is 0.313 e. The second-order valence-electron chi connectivity index (χ2n) is 7.02. The summed E-state index contributed by atoms with van der Waals surface area (Å²) in [4.78, 5) is 36.7. The number of nitrogens with one attached hydrogen (secondary N) is 2. The number of nitro groups is 1. The first kappa shape index (κ1) is 20.3. The van der Waals surface area contributed by atoms with E-state index in [1.807, 2.05) is 19.2 Å². The summed E-state index contributed by atoms with van der Waals surface area (Å²) in [6.45, 7) is 2.44. The summed E-state index contributed by atoms with van der Waals surface area (Å²) < 4.78 is 0. The van der Waals surface area contributed by atoms with Crippen LogP contribution in [0.1, 0.15) is 22.8 Å². The summed E-state index contributed by atoms with van der Waals surface area (Å²) in [7, 11) is 2.00. The number of anilines is 2. The van der Waals surface area contributed by atoms with Gasteiger partial charge in [-0.25, -0.2) is 0 Å². The maximum Gasteiger partial charge on any atom is 0.313 e. The number of rotatable bonds is 5. The number of nitrogens with zero attached hydrogens (tertiary/aromatic N) is 2. The highest BCUT2D eigenvalue weighted by Crippen LogP contribution is 2.29. The van der Waals surface area contributed by atoms with Crippen molar-refractivity contribution in [3.63, 3.8) is 0 Å². The quantitative estimate of drug-likeness (QED) is 0.400. The Morgan fingerprint density at radius 2 is 2.00 bits per heavy atom. The van der Waals surface area contributed by atoms with Gasteiger partial charge in [0, 0.05) is 31.9 Å². The maximum absolute atomic E-state index is 12.1. The number of carbonyl (C=O) groups excluding carboxylic acids is 2. The van der Waals surface area contributed by atoms with Crippen LogP contribution in [0.3, 0.4) is 0 Å². The minimum Gasteiger partial charge on any atom is -0.387 e. The van der Waals surface area contributed by atoms with E-state index in [0.29, 0.717) is 11.1 Å². The van der Waals surface area contributed by atoms with Crippen LogP contribution < -0.4 is 15.5 Å². The van der Waals surface area contributed by atoms with Gasteiger partial charge in [0.25, 0.3) is 5.69 Å². The lowest BCUT2D eigenvalue weighted by Gasteiger charge is -2.15. The van der Waals surface area contributed by atoms with Gasteiger partial charge in [-0.1, -0.05) is 18.2 Å². The molecule has 2 aromatic rings. The van der Waals surface area contributed by atoms with E-state index in [1.165, 1.54) is 12.1 Å². The van der Waals surface area contributed by atoms with Crippen LogP contribution in [0.15, 0.2) is 36.4 Å². The summed E-state index contributed by atoms with van der Waals surface area (Å²) in [6.07, 6.45) is -0.0899. The summed E-state index contributed by atoms with van der Waals surface area (Å²) in [6, 6.07) is 9.87. The van der Waals surface area contributed by atoms with Crippen molar-refractivity contribution in [2.75, 3.05) is 30.4 Å². The molecule has 3 N–H and O–H groups in total. The zero-order valence-corrected chi connectivity index (χ0v) is 16.1. The van der Waals surface area contributed by atoms with Crippen LogP contribution in [-0.4, -0.2) is 42.0 Å². The highest BCUT2D eigenvalue weighted by Gasteiger charge is 2.22.